The summed E-state index contributed by atoms with van der Waals surface area (Å²) in [6, 6.07) is 0. The fourth-order valence-corrected chi connectivity index (χ4v) is 1.41. The van der Waals surface area contributed by atoms with Gasteiger partial charge in [-0.2, -0.15) is 0 Å². The Morgan fingerprint density at radius 1 is 1.00 bits per heavy atom. The van der Waals surface area contributed by atoms with E-state index in [1.54, 1.807) is 5.57 Å². The van der Waals surface area contributed by atoms with Crippen LogP contribution in [0.4, 0.5) is 0 Å². The highest BCUT2D eigenvalue weighted by atomic mass is 14.0. The minimum atomic E-state index is 1.15. The average molecular weight is 166 g/mol. The zero-order valence-electron chi connectivity index (χ0n) is 8.98. The topological polar surface area (TPSA) is 0 Å². The van der Waals surface area contributed by atoms with Gasteiger partial charge in [-0.25, -0.2) is 0 Å². The van der Waals surface area contributed by atoms with Crippen LogP contribution in [0.25, 0.3) is 0 Å². The first-order chi connectivity index (χ1) is 5.76. The van der Waals surface area contributed by atoms with Crippen LogP contribution in [0.5, 0.6) is 0 Å². The fraction of sp³-hybridized carbons (Fsp3) is 0.667. The van der Waals surface area contributed by atoms with Crippen LogP contribution in [0.2, 0.25) is 0 Å². The van der Waals surface area contributed by atoms with Crippen molar-refractivity contribution in [2.75, 3.05) is 0 Å². The number of rotatable bonds is 5. The Kier molecular flexibility index (Phi) is 6.84. The Bertz CT molecular complexity index is 161. The van der Waals surface area contributed by atoms with Crippen molar-refractivity contribution in [1.82, 2.24) is 0 Å². The van der Waals surface area contributed by atoms with Crippen molar-refractivity contribution >= 4 is 0 Å². The molecule has 0 amide bonds. The van der Waals surface area contributed by atoms with Crippen LogP contribution in [-0.4, -0.2) is 0 Å². The summed E-state index contributed by atoms with van der Waals surface area (Å²) >= 11 is 0. The lowest BCUT2D eigenvalue weighted by atomic mass is 10.0. The third-order valence-corrected chi connectivity index (χ3v) is 1.99. The van der Waals surface area contributed by atoms with E-state index in [2.05, 4.69) is 39.8 Å². The zero-order valence-corrected chi connectivity index (χ0v) is 8.98. The summed E-state index contributed by atoms with van der Waals surface area (Å²) < 4.78 is 0. The third kappa shape index (κ3) is 4.38. The van der Waals surface area contributed by atoms with Crippen LogP contribution >= 0.6 is 0 Å². The molecule has 0 N–H and O–H groups in total. The minimum Gasteiger partial charge on any atom is -0.0816 e. The van der Waals surface area contributed by atoms with Gasteiger partial charge in [-0.1, -0.05) is 44.9 Å². The van der Waals surface area contributed by atoms with Crippen LogP contribution < -0.4 is 0 Å². The Morgan fingerprint density at radius 2 is 1.58 bits per heavy atom. The van der Waals surface area contributed by atoms with Crippen molar-refractivity contribution in [1.29, 1.82) is 0 Å². The van der Waals surface area contributed by atoms with Gasteiger partial charge in [-0.05, 0) is 31.8 Å². The van der Waals surface area contributed by atoms with Gasteiger partial charge in [-0.15, -0.1) is 0 Å². The fourth-order valence-electron chi connectivity index (χ4n) is 1.41. The van der Waals surface area contributed by atoms with Gasteiger partial charge in [0.1, 0.15) is 0 Å². The maximum absolute atomic E-state index is 2.35. The van der Waals surface area contributed by atoms with Crippen molar-refractivity contribution in [3.05, 3.63) is 23.3 Å². The maximum atomic E-state index is 2.35. The molecule has 0 aliphatic carbocycles. The smallest absolute Gasteiger partial charge is 0.0282 e. The predicted octanol–water partition coefficient (Wildman–Crippen LogP) is 4.48. The van der Waals surface area contributed by atoms with Crippen molar-refractivity contribution < 1.29 is 0 Å². The Labute approximate surface area is 77.4 Å². The summed E-state index contributed by atoms with van der Waals surface area (Å²) in [4.78, 5) is 0. The van der Waals surface area contributed by atoms with E-state index in [0.29, 0.717) is 0 Å². The second-order valence-electron chi connectivity index (χ2n) is 3.18. The van der Waals surface area contributed by atoms with Crippen LogP contribution in [0.3, 0.4) is 0 Å². The Balaban J connectivity index is 4.29. The number of allylic oxidation sites excluding steroid dienone is 4. The highest BCUT2D eigenvalue weighted by Gasteiger charge is 1.96. The third-order valence-electron chi connectivity index (χ3n) is 1.99. The number of hydrogen-bond acceptors (Lipinski definition) is 0. The molecule has 0 saturated heterocycles. The van der Waals surface area contributed by atoms with Crippen LogP contribution in [-0.2, 0) is 0 Å². The predicted molar refractivity (Wildman–Crippen MR) is 57.3 cm³/mol. The molecule has 0 spiro atoms. The van der Waals surface area contributed by atoms with E-state index >= 15 is 0 Å². The van der Waals surface area contributed by atoms with Gasteiger partial charge in [0.25, 0.3) is 0 Å². The Hall–Kier alpha value is -0.520. The molecule has 0 saturated carbocycles. The zero-order chi connectivity index (χ0) is 9.40. The SMILES string of the molecule is CCC=C(C)C(=CCC)CCC. The number of hydrogen-bond donors (Lipinski definition) is 0. The van der Waals surface area contributed by atoms with E-state index in [1.165, 1.54) is 18.4 Å². The molecule has 0 heteroatoms. The molecule has 0 atom stereocenters. The second kappa shape index (κ2) is 7.15. The van der Waals surface area contributed by atoms with Crippen molar-refractivity contribution in [3.8, 4) is 0 Å². The second-order valence-corrected chi connectivity index (χ2v) is 3.18. The van der Waals surface area contributed by atoms with Crippen molar-refractivity contribution in [2.24, 2.45) is 0 Å². The molecule has 0 aromatic rings. The van der Waals surface area contributed by atoms with Gasteiger partial charge < -0.3 is 0 Å². The monoisotopic (exact) mass is 166 g/mol. The Morgan fingerprint density at radius 3 is 2.00 bits per heavy atom. The molecule has 0 unspecified atom stereocenters. The molecular formula is C12H22. The summed E-state index contributed by atoms with van der Waals surface area (Å²) in [5, 5.41) is 0. The van der Waals surface area contributed by atoms with E-state index in [-0.39, 0.29) is 0 Å². The van der Waals surface area contributed by atoms with Crippen molar-refractivity contribution in [2.45, 2.75) is 53.4 Å². The quantitative estimate of drug-likeness (QED) is 0.528. The van der Waals surface area contributed by atoms with E-state index in [0.717, 1.165) is 12.8 Å². The van der Waals surface area contributed by atoms with Crippen LogP contribution in [0.1, 0.15) is 53.4 Å². The van der Waals surface area contributed by atoms with E-state index in [9.17, 15) is 0 Å². The summed E-state index contributed by atoms with van der Waals surface area (Å²) in [6.45, 7) is 8.86. The normalized spacial score (nSPS) is 13.7. The lowest BCUT2D eigenvalue weighted by Crippen LogP contribution is -1.85. The molecule has 0 bridgehead atoms. The molecule has 0 fully saturated rings. The van der Waals surface area contributed by atoms with Crippen molar-refractivity contribution in [3.63, 3.8) is 0 Å². The van der Waals surface area contributed by atoms with Gasteiger partial charge in [0, 0.05) is 0 Å². The first-order valence-electron chi connectivity index (χ1n) is 5.12. The lowest BCUT2D eigenvalue weighted by molar-refractivity contribution is 0.899. The molecule has 0 aliphatic rings. The molecular weight excluding hydrogens is 144 g/mol. The van der Waals surface area contributed by atoms with Crippen LogP contribution in [0.15, 0.2) is 23.3 Å². The van der Waals surface area contributed by atoms with E-state index in [4.69, 9.17) is 0 Å². The van der Waals surface area contributed by atoms with E-state index < -0.39 is 0 Å². The molecule has 0 nitrogen and oxygen atoms in total. The molecule has 70 valence electrons. The summed E-state index contributed by atoms with van der Waals surface area (Å²) in [6.07, 6.45) is 9.46. The highest BCUT2D eigenvalue weighted by molar-refractivity contribution is 5.28. The highest BCUT2D eigenvalue weighted by Crippen LogP contribution is 2.16. The standard InChI is InChI=1S/C12H22/c1-5-8-11(4)12(9-6-2)10-7-3/h8-9H,5-7,10H2,1-4H3. The average Bonchev–Trinajstić information content (AvgIpc) is 2.04. The van der Waals surface area contributed by atoms with Gasteiger partial charge in [0.05, 0.1) is 0 Å². The molecule has 12 heavy (non-hydrogen) atoms. The summed E-state index contributed by atoms with van der Waals surface area (Å²) in [7, 11) is 0. The lowest BCUT2D eigenvalue weighted by Gasteiger charge is -2.05. The van der Waals surface area contributed by atoms with Gasteiger partial charge in [0.2, 0.25) is 0 Å². The van der Waals surface area contributed by atoms with Crippen LogP contribution in [0, 0.1) is 0 Å². The van der Waals surface area contributed by atoms with E-state index in [1.807, 2.05) is 0 Å². The maximum Gasteiger partial charge on any atom is -0.0282 e. The van der Waals surface area contributed by atoms with Gasteiger partial charge in [0.15, 0.2) is 0 Å². The molecule has 0 aliphatic heterocycles. The summed E-state index contributed by atoms with van der Waals surface area (Å²) in [5.74, 6) is 0. The van der Waals surface area contributed by atoms with Gasteiger partial charge in [-0.3, -0.25) is 0 Å². The molecule has 0 heterocycles. The molecule has 0 rings (SSSR count). The van der Waals surface area contributed by atoms with Gasteiger partial charge >= 0.3 is 0 Å². The molecule has 0 aromatic carbocycles. The largest absolute Gasteiger partial charge is 0.0816 e. The first kappa shape index (κ1) is 11.5. The minimum absolute atomic E-state index is 1.15. The molecule has 0 aromatic heterocycles. The summed E-state index contributed by atoms with van der Waals surface area (Å²) in [5.41, 5.74) is 3.02. The molecule has 0 radical (unpaired) electrons. The first-order valence-corrected chi connectivity index (χ1v) is 5.12.